The van der Waals surface area contributed by atoms with E-state index in [2.05, 4.69) is 0 Å². The van der Waals surface area contributed by atoms with Crippen LogP contribution >= 0.6 is 23.2 Å². The molecule has 90 valence electrons. The van der Waals surface area contributed by atoms with Crippen molar-refractivity contribution in [3.8, 4) is 5.75 Å². The molecule has 1 rings (SSSR count). The summed E-state index contributed by atoms with van der Waals surface area (Å²) >= 11 is 11.6. The lowest BCUT2D eigenvalue weighted by atomic mass is 10.1. The van der Waals surface area contributed by atoms with Crippen molar-refractivity contribution in [1.29, 1.82) is 0 Å². The van der Waals surface area contributed by atoms with Crippen molar-refractivity contribution in [2.45, 2.75) is 25.9 Å². The topological polar surface area (TPSA) is 55.5 Å². The lowest BCUT2D eigenvalue weighted by molar-refractivity contribution is 0.0554. The summed E-state index contributed by atoms with van der Waals surface area (Å²) in [6.45, 7) is 3.80. The van der Waals surface area contributed by atoms with Gasteiger partial charge in [-0.25, -0.2) is 0 Å². The van der Waals surface area contributed by atoms with Crippen LogP contribution in [0.4, 0.5) is 5.69 Å². The van der Waals surface area contributed by atoms with Crippen LogP contribution in [-0.4, -0.2) is 17.3 Å². The first-order valence-corrected chi connectivity index (χ1v) is 5.65. The molecule has 0 unspecified atom stereocenters. The zero-order valence-corrected chi connectivity index (χ0v) is 10.8. The largest absolute Gasteiger partial charge is 0.491 e. The molecule has 0 fully saturated rings. The second kappa shape index (κ2) is 5.13. The molecule has 0 aliphatic rings. The van der Waals surface area contributed by atoms with E-state index >= 15 is 0 Å². The third-order valence-corrected chi connectivity index (χ3v) is 2.75. The smallest absolute Gasteiger partial charge is 0.143 e. The Morgan fingerprint density at radius 3 is 2.44 bits per heavy atom. The number of hydrogen-bond donors (Lipinski definition) is 2. The molecule has 0 atom stereocenters. The van der Waals surface area contributed by atoms with E-state index in [1.54, 1.807) is 26.0 Å². The van der Waals surface area contributed by atoms with E-state index in [4.69, 9.17) is 33.7 Å². The van der Waals surface area contributed by atoms with Gasteiger partial charge in [0.15, 0.2) is 0 Å². The number of nitrogens with two attached hydrogens (primary N) is 1. The predicted octanol–water partition coefficient (Wildman–Crippen LogP) is 3.12. The molecule has 1 aromatic rings. The standard InChI is InChI=1S/C11H15Cl2NO2/c1-11(2,15)3-4-16-10-6-8(13)7(12)5-9(10)14/h5-6,15H,3-4,14H2,1-2H3. The number of ether oxygens (including phenoxy) is 1. The highest BCUT2D eigenvalue weighted by Crippen LogP contribution is 2.32. The van der Waals surface area contributed by atoms with Crippen LogP contribution in [0.1, 0.15) is 20.3 Å². The highest BCUT2D eigenvalue weighted by Gasteiger charge is 2.13. The first-order chi connectivity index (χ1) is 7.29. The molecule has 0 aliphatic carbocycles. The molecule has 0 saturated heterocycles. The van der Waals surface area contributed by atoms with Crippen LogP contribution in [0.2, 0.25) is 10.0 Å². The maximum absolute atomic E-state index is 9.51. The summed E-state index contributed by atoms with van der Waals surface area (Å²) in [5.74, 6) is 0.485. The van der Waals surface area contributed by atoms with Crippen LogP contribution in [0.15, 0.2) is 12.1 Å². The second-order valence-electron chi connectivity index (χ2n) is 4.22. The van der Waals surface area contributed by atoms with E-state index in [0.29, 0.717) is 34.5 Å². The molecule has 3 nitrogen and oxygen atoms in total. The van der Waals surface area contributed by atoms with Crippen LogP contribution in [0.5, 0.6) is 5.75 Å². The molecule has 0 radical (unpaired) electrons. The highest BCUT2D eigenvalue weighted by molar-refractivity contribution is 6.42. The average Bonchev–Trinajstić information content (AvgIpc) is 2.11. The van der Waals surface area contributed by atoms with Crippen molar-refractivity contribution in [2.24, 2.45) is 0 Å². The average molecular weight is 264 g/mol. The van der Waals surface area contributed by atoms with E-state index in [1.807, 2.05) is 0 Å². The Bertz CT molecular complexity index is 375. The van der Waals surface area contributed by atoms with Crippen molar-refractivity contribution in [3.05, 3.63) is 22.2 Å². The SMILES string of the molecule is CC(C)(O)CCOc1cc(Cl)c(Cl)cc1N. The van der Waals surface area contributed by atoms with Crippen LogP contribution < -0.4 is 10.5 Å². The Labute approximate surface area is 105 Å². The molecule has 0 saturated carbocycles. The van der Waals surface area contributed by atoms with Gasteiger partial charge in [0.2, 0.25) is 0 Å². The third-order valence-electron chi connectivity index (χ3n) is 2.02. The number of hydrogen-bond acceptors (Lipinski definition) is 3. The zero-order valence-electron chi connectivity index (χ0n) is 9.26. The first kappa shape index (κ1) is 13.4. The van der Waals surface area contributed by atoms with Gasteiger partial charge in [-0.1, -0.05) is 23.2 Å². The van der Waals surface area contributed by atoms with E-state index in [1.165, 1.54) is 0 Å². The van der Waals surface area contributed by atoms with Gasteiger partial charge in [0.25, 0.3) is 0 Å². The summed E-state index contributed by atoms with van der Waals surface area (Å²) < 4.78 is 5.42. The third kappa shape index (κ3) is 4.08. The van der Waals surface area contributed by atoms with Gasteiger partial charge in [-0.15, -0.1) is 0 Å². The van der Waals surface area contributed by atoms with Gasteiger partial charge in [0.05, 0.1) is 27.9 Å². The van der Waals surface area contributed by atoms with Gasteiger partial charge in [-0.3, -0.25) is 0 Å². The monoisotopic (exact) mass is 263 g/mol. The molecule has 0 heterocycles. The molecule has 0 aromatic heterocycles. The Morgan fingerprint density at radius 1 is 1.31 bits per heavy atom. The van der Waals surface area contributed by atoms with Crippen molar-refractivity contribution in [1.82, 2.24) is 0 Å². The predicted molar refractivity (Wildman–Crippen MR) is 67.3 cm³/mol. The van der Waals surface area contributed by atoms with Gasteiger partial charge in [0, 0.05) is 12.5 Å². The van der Waals surface area contributed by atoms with Crippen molar-refractivity contribution < 1.29 is 9.84 Å². The molecule has 0 amide bonds. The molecular weight excluding hydrogens is 249 g/mol. The summed E-state index contributed by atoms with van der Waals surface area (Å²) in [6.07, 6.45) is 0.507. The van der Waals surface area contributed by atoms with Crippen molar-refractivity contribution in [3.63, 3.8) is 0 Å². The van der Waals surface area contributed by atoms with E-state index < -0.39 is 5.60 Å². The van der Waals surface area contributed by atoms with Gasteiger partial charge in [-0.05, 0) is 19.9 Å². The van der Waals surface area contributed by atoms with Gasteiger partial charge in [0.1, 0.15) is 5.75 Å². The molecule has 5 heteroatoms. The summed E-state index contributed by atoms with van der Waals surface area (Å²) in [4.78, 5) is 0. The van der Waals surface area contributed by atoms with E-state index in [9.17, 15) is 5.11 Å². The fourth-order valence-electron chi connectivity index (χ4n) is 1.08. The zero-order chi connectivity index (χ0) is 12.3. The number of nitrogen functional groups attached to an aromatic ring is 1. The van der Waals surface area contributed by atoms with E-state index in [0.717, 1.165) is 0 Å². The fourth-order valence-corrected chi connectivity index (χ4v) is 1.41. The summed E-state index contributed by atoms with van der Waals surface area (Å²) in [5, 5.41) is 10.3. The Balaban J connectivity index is 2.64. The summed E-state index contributed by atoms with van der Waals surface area (Å²) in [5.41, 5.74) is 5.39. The number of anilines is 1. The highest BCUT2D eigenvalue weighted by atomic mass is 35.5. The molecule has 0 bridgehead atoms. The Hall–Kier alpha value is -0.640. The van der Waals surface area contributed by atoms with Crippen LogP contribution in [-0.2, 0) is 0 Å². The molecular formula is C11H15Cl2NO2. The van der Waals surface area contributed by atoms with Crippen LogP contribution in [0.25, 0.3) is 0 Å². The summed E-state index contributed by atoms with van der Waals surface area (Å²) in [6, 6.07) is 3.12. The quantitative estimate of drug-likeness (QED) is 0.821. The van der Waals surface area contributed by atoms with Crippen molar-refractivity contribution >= 4 is 28.9 Å². The Kier molecular flexibility index (Phi) is 4.30. The normalized spacial score (nSPS) is 11.6. The lowest BCUT2D eigenvalue weighted by Gasteiger charge is -2.17. The molecule has 3 N–H and O–H groups in total. The molecule has 16 heavy (non-hydrogen) atoms. The number of rotatable bonds is 4. The minimum atomic E-state index is -0.759. The van der Waals surface area contributed by atoms with Crippen LogP contribution in [0, 0.1) is 0 Å². The molecule has 1 aromatic carbocycles. The maximum atomic E-state index is 9.51. The second-order valence-corrected chi connectivity index (χ2v) is 5.03. The summed E-state index contributed by atoms with van der Waals surface area (Å²) in [7, 11) is 0. The number of aliphatic hydroxyl groups is 1. The first-order valence-electron chi connectivity index (χ1n) is 4.89. The molecule has 0 aliphatic heterocycles. The van der Waals surface area contributed by atoms with Gasteiger partial charge < -0.3 is 15.6 Å². The van der Waals surface area contributed by atoms with Gasteiger partial charge in [-0.2, -0.15) is 0 Å². The fraction of sp³-hybridized carbons (Fsp3) is 0.455. The van der Waals surface area contributed by atoms with Crippen LogP contribution in [0.3, 0.4) is 0 Å². The van der Waals surface area contributed by atoms with E-state index in [-0.39, 0.29) is 0 Å². The maximum Gasteiger partial charge on any atom is 0.143 e. The lowest BCUT2D eigenvalue weighted by Crippen LogP contribution is -2.21. The van der Waals surface area contributed by atoms with Crippen molar-refractivity contribution in [2.75, 3.05) is 12.3 Å². The number of benzene rings is 1. The van der Waals surface area contributed by atoms with Gasteiger partial charge >= 0.3 is 0 Å². The number of halogens is 2. The minimum Gasteiger partial charge on any atom is -0.491 e. The molecule has 0 spiro atoms. The minimum absolute atomic E-state index is 0.367. The Morgan fingerprint density at radius 2 is 1.88 bits per heavy atom.